The monoisotopic (exact) mass is 381 g/mol. The molecule has 1 fully saturated rings. The van der Waals surface area contributed by atoms with Gasteiger partial charge in [-0.1, -0.05) is 35.3 Å². The van der Waals surface area contributed by atoms with Crippen molar-refractivity contribution in [2.24, 2.45) is 0 Å². The number of rotatable bonds is 4. The summed E-state index contributed by atoms with van der Waals surface area (Å²) in [5, 5.41) is 9.64. The van der Waals surface area contributed by atoms with Crippen molar-refractivity contribution in [3.05, 3.63) is 29.8 Å². The fourth-order valence-electron chi connectivity index (χ4n) is 2.63. The molecule has 1 saturated heterocycles. The number of aliphatic hydroxyl groups excluding tert-OH is 1. The van der Waals surface area contributed by atoms with E-state index >= 15 is 0 Å². The second kappa shape index (κ2) is 6.94. The van der Waals surface area contributed by atoms with Crippen LogP contribution < -0.4 is 0 Å². The van der Waals surface area contributed by atoms with Gasteiger partial charge in [0.05, 0.1) is 17.5 Å². The van der Waals surface area contributed by atoms with Crippen LogP contribution in [0.2, 0.25) is 0 Å². The highest BCUT2D eigenvalue weighted by molar-refractivity contribution is 7.90. The standard InChI is InChI=1S/C14H17Cl2NO5S/c1-8-17(14(19)13(15)16)11(7-18)12(22-8)9-3-5-10(6-4-9)23(2,20)21/h3-6,8,11-13,18H,7H2,1-2H3/t8?,11-,12-/m1/s1. The third-order valence-corrected chi connectivity index (χ3v) is 5.21. The summed E-state index contributed by atoms with van der Waals surface area (Å²) in [7, 11) is -3.30. The molecule has 0 bridgehead atoms. The maximum absolute atomic E-state index is 12.1. The third kappa shape index (κ3) is 3.80. The number of carbonyl (C=O) groups is 1. The Morgan fingerprint density at radius 2 is 1.91 bits per heavy atom. The molecule has 23 heavy (non-hydrogen) atoms. The van der Waals surface area contributed by atoms with Gasteiger partial charge in [-0.25, -0.2) is 8.42 Å². The number of aliphatic hydroxyl groups is 1. The fourth-order valence-corrected chi connectivity index (χ4v) is 3.48. The van der Waals surface area contributed by atoms with E-state index in [-0.39, 0.29) is 11.5 Å². The van der Waals surface area contributed by atoms with Crippen molar-refractivity contribution in [2.45, 2.75) is 35.0 Å². The van der Waals surface area contributed by atoms with E-state index < -0.39 is 39.0 Å². The zero-order chi connectivity index (χ0) is 17.4. The average molecular weight is 382 g/mol. The minimum atomic E-state index is -3.30. The van der Waals surface area contributed by atoms with Crippen molar-refractivity contribution in [2.75, 3.05) is 12.9 Å². The second-order valence-corrected chi connectivity index (χ2v) is 8.41. The Bertz CT molecular complexity index is 677. The Balaban J connectivity index is 2.31. The van der Waals surface area contributed by atoms with Gasteiger partial charge in [-0.05, 0) is 24.6 Å². The van der Waals surface area contributed by atoms with Gasteiger partial charge in [-0.15, -0.1) is 0 Å². The van der Waals surface area contributed by atoms with Crippen molar-refractivity contribution in [3.8, 4) is 0 Å². The Labute approximate surface area is 144 Å². The van der Waals surface area contributed by atoms with Gasteiger partial charge in [0.2, 0.25) is 0 Å². The molecule has 0 saturated carbocycles. The fraction of sp³-hybridized carbons (Fsp3) is 0.500. The average Bonchev–Trinajstić information content (AvgIpc) is 2.82. The van der Waals surface area contributed by atoms with Gasteiger partial charge in [0, 0.05) is 6.26 Å². The number of hydrogen-bond acceptors (Lipinski definition) is 5. The number of carbonyl (C=O) groups excluding carboxylic acids is 1. The summed E-state index contributed by atoms with van der Waals surface area (Å²) in [5.74, 6) is -0.546. The van der Waals surface area contributed by atoms with Crippen molar-refractivity contribution < 1.29 is 23.1 Å². The molecule has 1 unspecified atom stereocenters. The number of amides is 1. The van der Waals surface area contributed by atoms with Crippen LogP contribution in [0.4, 0.5) is 0 Å². The molecule has 0 aromatic heterocycles. The summed E-state index contributed by atoms with van der Waals surface area (Å²) >= 11 is 11.3. The Morgan fingerprint density at radius 3 is 2.35 bits per heavy atom. The first-order valence-electron chi connectivity index (χ1n) is 6.83. The highest BCUT2D eigenvalue weighted by Crippen LogP contribution is 2.36. The van der Waals surface area contributed by atoms with Crippen LogP contribution in [0.25, 0.3) is 0 Å². The van der Waals surface area contributed by atoms with E-state index in [9.17, 15) is 18.3 Å². The molecule has 6 nitrogen and oxygen atoms in total. The molecular weight excluding hydrogens is 365 g/mol. The van der Waals surface area contributed by atoms with Crippen LogP contribution in [-0.4, -0.2) is 54.3 Å². The van der Waals surface area contributed by atoms with Gasteiger partial charge in [0.25, 0.3) is 5.91 Å². The molecule has 1 aromatic carbocycles. The lowest BCUT2D eigenvalue weighted by atomic mass is 10.0. The molecule has 9 heteroatoms. The predicted molar refractivity (Wildman–Crippen MR) is 86.1 cm³/mol. The molecule has 0 radical (unpaired) electrons. The lowest BCUT2D eigenvalue weighted by Gasteiger charge is -2.26. The molecule has 1 aromatic rings. The van der Waals surface area contributed by atoms with Crippen LogP contribution in [0.1, 0.15) is 18.6 Å². The lowest BCUT2D eigenvalue weighted by Crippen LogP contribution is -2.45. The maximum atomic E-state index is 12.1. The Morgan fingerprint density at radius 1 is 1.35 bits per heavy atom. The van der Waals surface area contributed by atoms with Crippen molar-refractivity contribution >= 4 is 38.9 Å². The topological polar surface area (TPSA) is 83.9 Å². The first-order chi connectivity index (χ1) is 10.7. The zero-order valence-corrected chi connectivity index (χ0v) is 14.8. The van der Waals surface area contributed by atoms with Crippen LogP contribution in [0, 0.1) is 0 Å². The molecule has 2 rings (SSSR count). The molecule has 1 aliphatic rings. The smallest absolute Gasteiger partial charge is 0.258 e. The van der Waals surface area contributed by atoms with E-state index in [0.717, 1.165) is 6.26 Å². The van der Waals surface area contributed by atoms with Gasteiger partial charge in [-0.2, -0.15) is 0 Å². The molecule has 1 aliphatic heterocycles. The van der Waals surface area contributed by atoms with Crippen molar-refractivity contribution in [3.63, 3.8) is 0 Å². The molecule has 0 aliphatic carbocycles. The molecule has 1 N–H and O–H groups in total. The molecule has 0 spiro atoms. The van der Waals surface area contributed by atoms with E-state index in [4.69, 9.17) is 27.9 Å². The highest BCUT2D eigenvalue weighted by atomic mass is 35.5. The quantitative estimate of drug-likeness (QED) is 0.798. The van der Waals surface area contributed by atoms with Gasteiger partial charge in [0.15, 0.2) is 14.7 Å². The van der Waals surface area contributed by atoms with Crippen LogP contribution in [-0.2, 0) is 19.4 Å². The molecular formula is C14H17Cl2NO5S. The van der Waals surface area contributed by atoms with E-state index in [1.54, 1.807) is 19.1 Å². The van der Waals surface area contributed by atoms with Gasteiger partial charge in [0.1, 0.15) is 12.3 Å². The summed E-state index contributed by atoms with van der Waals surface area (Å²) in [5.41, 5.74) is 0.652. The summed E-state index contributed by atoms with van der Waals surface area (Å²) in [4.78, 5) is 12.3. The van der Waals surface area contributed by atoms with Crippen LogP contribution in [0.5, 0.6) is 0 Å². The Hall–Kier alpha value is -0.860. The predicted octanol–water partition coefficient (Wildman–Crippen LogP) is 1.50. The summed E-state index contributed by atoms with van der Waals surface area (Å²) in [6.07, 6.45) is -0.0902. The van der Waals surface area contributed by atoms with Gasteiger partial charge in [-0.3, -0.25) is 4.79 Å². The first-order valence-corrected chi connectivity index (χ1v) is 9.60. The molecule has 3 atom stereocenters. The van der Waals surface area contributed by atoms with E-state index in [1.807, 2.05) is 0 Å². The van der Waals surface area contributed by atoms with Crippen molar-refractivity contribution in [1.82, 2.24) is 4.90 Å². The van der Waals surface area contributed by atoms with Crippen LogP contribution in [0.15, 0.2) is 29.2 Å². The minimum absolute atomic E-state index is 0.183. The SMILES string of the molecule is CC1O[C@H](c2ccc(S(C)(=O)=O)cc2)[C@@H](CO)N1C(=O)C(Cl)Cl. The first kappa shape index (κ1) is 18.5. The third-order valence-electron chi connectivity index (χ3n) is 3.71. The number of alkyl halides is 2. The van der Waals surface area contributed by atoms with Gasteiger partial charge >= 0.3 is 0 Å². The van der Waals surface area contributed by atoms with Crippen LogP contribution >= 0.6 is 23.2 Å². The molecule has 1 heterocycles. The van der Waals surface area contributed by atoms with E-state index in [0.29, 0.717) is 5.56 Å². The normalized spacial score (nSPS) is 25.1. The Kier molecular flexibility index (Phi) is 5.58. The number of ether oxygens (including phenoxy) is 1. The number of nitrogens with zero attached hydrogens (tertiary/aromatic N) is 1. The second-order valence-electron chi connectivity index (χ2n) is 5.29. The minimum Gasteiger partial charge on any atom is -0.394 e. The van der Waals surface area contributed by atoms with E-state index in [2.05, 4.69) is 0 Å². The number of benzene rings is 1. The summed E-state index contributed by atoms with van der Waals surface area (Å²) < 4.78 is 28.7. The summed E-state index contributed by atoms with van der Waals surface area (Å²) in [6, 6.07) is 5.47. The number of halogens is 2. The van der Waals surface area contributed by atoms with Crippen molar-refractivity contribution in [1.29, 1.82) is 0 Å². The van der Waals surface area contributed by atoms with E-state index in [1.165, 1.54) is 17.0 Å². The largest absolute Gasteiger partial charge is 0.394 e. The van der Waals surface area contributed by atoms with Gasteiger partial charge < -0.3 is 14.7 Å². The number of sulfone groups is 1. The summed E-state index contributed by atoms with van der Waals surface area (Å²) in [6.45, 7) is 1.32. The number of hydrogen-bond donors (Lipinski definition) is 1. The maximum Gasteiger partial charge on any atom is 0.258 e. The highest BCUT2D eigenvalue weighted by Gasteiger charge is 2.44. The molecule has 128 valence electrons. The zero-order valence-electron chi connectivity index (χ0n) is 12.5. The lowest BCUT2D eigenvalue weighted by molar-refractivity contribution is -0.135. The molecule has 1 amide bonds. The van der Waals surface area contributed by atoms with Crippen LogP contribution in [0.3, 0.4) is 0 Å².